The van der Waals surface area contributed by atoms with Gasteiger partial charge in [0.1, 0.15) is 0 Å². The Labute approximate surface area is 98.3 Å². The second-order valence-electron chi connectivity index (χ2n) is 4.44. The van der Waals surface area contributed by atoms with Crippen molar-refractivity contribution >= 4 is 3.90 Å². The molecule has 1 unspecified atom stereocenters. The molecule has 14 heavy (non-hydrogen) atoms. The van der Waals surface area contributed by atoms with E-state index in [4.69, 9.17) is 4.74 Å². The molecular formula is C12H20OW. The van der Waals surface area contributed by atoms with Crippen LogP contribution >= 0.6 is 0 Å². The average Bonchev–Trinajstić information content (AvgIpc) is 2.19. The fraction of sp³-hybridized carbons (Fsp3) is 0.750. The normalized spacial score (nSPS) is 37.9. The molecule has 0 aromatic carbocycles. The number of ether oxygens (including phenoxy) is 1. The van der Waals surface area contributed by atoms with Crippen LogP contribution in [0.4, 0.5) is 0 Å². The van der Waals surface area contributed by atoms with E-state index in [1.165, 1.54) is 23.3 Å². The van der Waals surface area contributed by atoms with E-state index in [1.54, 1.807) is 0 Å². The maximum absolute atomic E-state index is 5.89. The van der Waals surface area contributed by atoms with Crippen molar-refractivity contribution in [1.82, 2.24) is 0 Å². The van der Waals surface area contributed by atoms with Crippen LogP contribution in [0.15, 0.2) is 12.7 Å². The topological polar surface area (TPSA) is 9.23 Å². The Balaban J connectivity index is 2.54. The van der Waals surface area contributed by atoms with Gasteiger partial charge >= 0.3 is 98.3 Å². The molecule has 1 heterocycles. The third kappa shape index (κ3) is 2.87. The molecule has 1 rings (SSSR count). The molecule has 0 amide bonds. The fourth-order valence-corrected chi connectivity index (χ4v) is 2.55. The number of hydrogen-bond acceptors (Lipinski definition) is 1. The molecule has 1 aliphatic rings. The molecule has 1 fully saturated rings. The Kier molecular flexibility index (Phi) is 4.73. The summed E-state index contributed by atoms with van der Waals surface area (Å²) < 4.78 is 7.31. The summed E-state index contributed by atoms with van der Waals surface area (Å²) in [5, 5.41) is 0. The zero-order chi connectivity index (χ0) is 10.7. The predicted molar refractivity (Wildman–Crippen MR) is 57.1 cm³/mol. The van der Waals surface area contributed by atoms with E-state index in [-0.39, 0.29) is 0 Å². The second-order valence-corrected chi connectivity index (χ2v) is 6.33. The summed E-state index contributed by atoms with van der Waals surface area (Å²) in [6.07, 6.45) is 3.48. The molecule has 1 saturated heterocycles. The van der Waals surface area contributed by atoms with Gasteiger partial charge in [-0.15, -0.1) is 0 Å². The summed E-state index contributed by atoms with van der Waals surface area (Å²) in [6, 6.07) is 0. The van der Waals surface area contributed by atoms with Crippen LogP contribution in [0, 0.1) is 17.8 Å². The maximum atomic E-state index is 5.89. The van der Waals surface area contributed by atoms with Gasteiger partial charge in [0.05, 0.1) is 0 Å². The van der Waals surface area contributed by atoms with Gasteiger partial charge < -0.3 is 0 Å². The molecule has 0 saturated carbocycles. The number of rotatable bonds is 3. The van der Waals surface area contributed by atoms with Crippen molar-refractivity contribution in [2.45, 2.75) is 33.3 Å². The van der Waals surface area contributed by atoms with Gasteiger partial charge in [-0.2, -0.15) is 0 Å². The molecule has 0 N–H and O–H groups in total. The Bertz CT molecular complexity index is 224. The standard InChI is InChI=1S/C12H20O.W/c1-5-6-7-12-11(4)10(3)9(2)8-13-12;/h5,9-12H,1,7-8H2,2-4H3;/t9-,10+,11-,12?;/m1./s1. The van der Waals surface area contributed by atoms with E-state index in [2.05, 4.69) is 27.4 Å². The molecule has 0 aromatic heterocycles. The SMILES string of the molecule is C=C[C](=[W])CC1OC[C@@H](C)[C@H](C)[C@H]1C. The van der Waals surface area contributed by atoms with Crippen LogP contribution in [0.5, 0.6) is 0 Å². The van der Waals surface area contributed by atoms with Crippen LogP contribution in [0.1, 0.15) is 27.2 Å². The van der Waals surface area contributed by atoms with Gasteiger partial charge in [0.25, 0.3) is 0 Å². The summed E-state index contributed by atoms with van der Waals surface area (Å²) >= 11 is 1.53. The first kappa shape index (κ1) is 12.3. The molecule has 1 aliphatic heterocycles. The molecule has 1 nitrogen and oxygen atoms in total. The molecule has 4 atom stereocenters. The van der Waals surface area contributed by atoms with E-state index in [0.717, 1.165) is 18.9 Å². The third-order valence-electron chi connectivity index (χ3n) is 3.52. The minimum atomic E-state index is 0.423. The van der Waals surface area contributed by atoms with Crippen LogP contribution in [-0.2, 0) is 24.1 Å². The Morgan fingerprint density at radius 2 is 2.07 bits per heavy atom. The molecule has 0 bridgehead atoms. The van der Waals surface area contributed by atoms with Crippen molar-refractivity contribution in [1.29, 1.82) is 0 Å². The fourth-order valence-electron chi connectivity index (χ4n) is 1.96. The first-order chi connectivity index (χ1) is 6.56. The van der Waals surface area contributed by atoms with Crippen molar-refractivity contribution in [2.24, 2.45) is 17.8 Å². The van der Waals surface area contributed by atoms with Crippen molar-refractivity contribution in [3.8, 4) is 0 Å². The second kappa shape index (κ2) is 5.37. The Morgan fingerprint density at radius 3 is 2.64 bits per heavy atom. The summed E-state index contributed by atoms with van der Waals surface area (Å²) in [5.74, 6) is 2.16. The van der Waals surface area contributed by atoms with Crippen molar-refractivity contribution in [3.05, 3.63) is 12.7 Å². The van der Waals surface area contributed by atoms with Gasteiger partial charge in [-0.3, -0.25) is 0 Å². The molecule has 0 aromatic rings. The first-order valence-corrected chi connectivity index (χ1v) is 6.79. The Hall–Kier alpha value is 0.258. The van der Waals surface area contributed by atoms with Gasteiger partial charge in [-0.25, -0.2) is 0 Å². The van der Waals surface area contributed by atoms with Crippen molar-refractivity contribution in [3.63, 3.8) is 0 Å². The summed E-state index contributed by atoms with van der Waals surface area (Å²) in [5.41, 5.74) is 0. The molecule has 0 aliphatic carbocycles. The first-order valence-electron chi connectivity index (χ1n) is 5.33. The molecule has 2 heteroatoms. The molecule has 0 radical (unpaired) electrons. The van der Waals surface area contributed by atoms with E-state index in [9.17, 15) is 0 Å². The quantitative estimate of drug-likeness (QED) is 0.748. The zero-order valence-electron chi connectivity index (χ0n) is 9.32. The van der Waals surface area contributed by atoms with E-state index in [1.807, 2.05) is 6.08 Å². The van der Waals surface area contributed by atoms with Gasteiger partial charge in [-0.05, 0) is 0 Å². The van der Waals surface area contributed by atoms with Gasteiger partial charge in [0.15, 0.2) is 0 Å². The van der Waals surface area contributed by atoms with Gasteiger partial charge in [0.2, 0.25) is 0 Å². The van der Waals surface area contributed by atoms with Crippen LogP contribution < -0.4 is 0 Å². The van der Waals surface area contributed by atoms with Gasteiger partial charge in [0, 0.05) is 0 Å². The van der Waals surface area contributed by atoms with E-state index < -0.39 is 0 Å². The van der Waals surface area contributed by atoms with Crippen molar-refractivity contribution < 1.29 is 24.1 Å². The number of hydrogen-bond donors (Lipinski definition) is 0. The van der Waals surface area contributed by atoms with Gasteiger partial charge in [-0.1, -0.05) is 0 Å². The molecule has 0 spiro atoms. The van der Waals surface area contributed by atoms with Crippen LogP contribution in [0.3, 0.4) is 0 Å². The summed E-state index contributed by atoms with van der Waals surface area (Å²) in [6.45, 7) is 11.7. The minimum absolute atomic E-state index is 0.423. The monoisotopic (exact) mass is 364 g/mol. The molecule has 80 valence electrons. The van der Waals surface area contributed by atoms with Crippen molar-refractivity contribution in [2.75, 3.05) is 6.61 Å². The predicted octanol–water partition coefficient (Wildman–Crippen LogP) is 2.59. The Morgan fingerprint density at radius 1 is 1.43 bits per heavy atom. The van der Waals surface area contributed by atoms with Crippen LogP contribution in [0.25, 0.3) is 0 Å². The average molecular weight is 364 g/mol. The van der Waals surface area contributed by atoms with E-state index >= 15 is 0 Å². The molecular weight excluding hydrogens is 344 g/mol. The van der Waals surface area contributed by atoms with Crippen LogP contribution in [0.2, 0.25) is 0 Å². The summed E-state index contributed by atoms with van der Waals surface area (Å²) in [4.78, 5) is 0. The zero-order valence-corrected chi connectivity index (χ0v) is 12.3. The third-order valence-corrected chi connectivity index (χ3v) is 4.71. The number of allylic oxidation sites excluding steroid dienone is 1. The summed E-state index contributed by atoms with van der Waals surface area (Å²) in [7, 11) is 0. The van der Waals surface area contributed by atoms with Crippen LogP contribution in [-0.4, -0.2) is 16.6 Å². The van der Waals surface area contributed by atoms with E-state index in [0.29, 0.717) is 17.9 Å².